The van der Waals surface area contributed by atoms with Gasteiger partial charge in [-0.3, -0.25) is 10.2 Å². The highest BCUT2D eigenvalue weighted by Gasteiger charge is 2.17. The molecule has 0 aliphatic heterocycles. The Morgan fingerprint density at radius 3 is 2.65 bits per heavy atom. The minimum absolute atomic E-state index is 0.281. The molecule has 3 rings (SSSR count). The van der Waals surface area contributed by atoms with Gasteiger partial charge in [0.2, 0.25) is 0 Å². The number of fused-ring (bicyclic) bond motifs is 1. The van der Waals surface area contributed by atoms with E-state index in [0.29, 0.717) is 10.9 Å². The van der Waals surface area contributed by atoms with E-state index >= 15 is 0 Å². The Balaban J connectivity index is 1.79. The third-order valence-electron chi connectivity index (χ3n) is 3.24. The lowest BCUT2D eigenvalue weighted by Gasteiger charge is -2.08. The largest absolute Gasteiger partial charge is 0.360 e. The number of hydrazine groups is 1. The van der Waals surface area contributed by atoms with Crippen LogP contribution in [0.5, 0.6) is 0 Å². The average molecular weight is 333 g/mol. The second-order valence-corrected chi connectivity index (χ2v) is 6.45. The average Bonchev–Trinajstić information content (AvgIpc) is 2.97. The predicted octanol–water partition coefficient (Wildman–Crippen LogP) is 1.93. The zero-order chi connectivity index (χ0) is 16.4. The molecule has 1 heterocycles. The van der Waals surface area contributed by atoms with Gasteiger partial charge in [-0.1, -0.05) is 24.3 Å². The van der Waals surface area contributed by atoms with Gasteiger partial charge < -0.3 is 4.98 Å². The van der Waals surface area contributed by atoms with E-state index in [9.17, 15) is 17.6 Å². The van der Waals surface area contributed by atoms with Crippen molar-refractivity contribution in [3.63, 3.8) is 0 Å². The highest BCUT2D eigenvalue weighted by Crippen LogP contribution is 2.17. The molecule has 0 atom stereocenters. The molecule has 2 aromatic carbocycles. The van der Waals surface area contributed by atoms with E-state index in [-0.39, 0.29) is 4.90 Å². The molecule has 118 valence electrons. The number of aromatic amines is 1. The number of halogens is 1. The maximum atomic E-state index is 13.1. The molecule has 0 aliphatic rings. The normalized spacial score (nSPS) is 11.5. The fourth-order valence-electron chi connectivity index (χ4n) is 2.13. The molecule has 0 radical (unpaired) electrons. The molecule has 1 amide bonds. The van der Waals surface area contributed by atoms with Crippen LogP contribution in [-0.2, 0) is 10.0 Å². The molecule has 0 saturated carbocycles. The summed E-state index contributed by atoms with van der Waals surface area (Å²) in [5.74, 6) is -1.31. The van der Waals surface area contributed by atoms with Crippen LogP contribution in [0.25, 0.3) is 10.9 Å². The van der Waals surface area contributed by atoms with Gasteiger partial charge in [0.1, 0.15) is 5.82 Å². The molecule has 0 saturated heterocycles. The Morgan fingerprint density at radius 2 is 1.87 bits per heavy atom. The van der Waals surface area contributed by atoms with Gasteiger partial charge in [-0.25, -0.2) is 12.8 Å². The summed E-state index contributed by atoms with van der Waals surface area (Å²) in [5.41, 5.74) is 3.17. The summed E-state index contributed by atoms with van der Waals surface area (Å²) in [6.45, 7) is 0. The van der Waals surface area contributed by atoms with Gasteiger partial charge in [-0.2, -0.15) is 0 Å². The first-order valence-electron chi connectivity index (χ1n) is 6.61. The van der Waals surface area contributed by atoms with Crippen molar-refractivity contribution in [1.82, 2.24) is 15.2 Å². The number of benzene rings is 2. The van der Waals surface area contributed by atoms with Crippen molar-refractivity contribution >= 4 is 26.8 Å². The van der Waals surface area contributed by atoms with Crippen LogP contribution >= 0.6 is 0 Å². The van der Waals surface area contributed by atoms with Crippen molar-refractivity contribution in [2.24, 2.45) is 0 Å². The lowest BCUT2D eigenvalue weighted by Crippen LogP contribution is -2.41. The number of hydrogen-bond donors (Lipinski definition) is 3. The van der Waals surface area contributed by atoms with Crippen molar-refractivity contribution in [1.29, 1.82) is 0 Å². The van der Waals surface area contributed by atoms with Gasteiger partial charge in [0.15, 0.2) is 0 Å². The van der Waals surface area contributed by atoms with Crippen LogP contribution in [0.4, 0.5) is 4.39 Å². The Labute approximate surface area is 131 Å². The van der Waals surface area contributed by atoms with E-state index in [4.69, 9.17) is 0 Å². The topological polar surface area (TPSA) is 91.1 Å². The van der Waals surface area contributed by atoms with Gasteiger partial charge in [-0.15, -0.1) is 4.83 Å². The summed E-state index contributed by atoms with van der Waals surface area (Å²) >= 11 is 0. The van der Waals surface area contributed by atoms with Crippen LogP contribution in [0.1, 0.15) is 10.4 Å². The predicted molar refractivity (Wildman–Crippen MR) is 82.5 cm³/mol. The number of carbonyl (C=O) groups is 1. The minimum atomic E-state index is -4.05. The minimum Gasteiger partial charge on any atom is -0.360 e. The first-order chi connectivity index (χ1) is 11.0. The van der Waals surface area contributed by atoms with Crippen LogP contribution in [0.15, 0.2) is 59.6 Å². The van der Waals surface area contributed by atoms with E-state index in [1.54, 1.807) is 18.2 Å². The molecule has 6 nitrogen and oxygen atoms in total. The lowest BCUT2D eigenvalue weighted by atomic mass is 10.2. The van der Waals surface area contributed by atoms with Crippen LogP contribution < -0.4 is 10.3 Å². The molecule has 3 N–H and O–H groups in total. The summed E-state index contributed by atoms with van der Waals surface area (Å²) < 4.78 is 37.2. The highest BCUT2D eigenvalue weighted by atomic mass is 32.2. The van der Waals surface area contributed by atoms with Crippen LogP contribution in [0.2, 0.25) is 0 Å². The van der Waals surface area contributed by atoms with Crippen LogP contribution in [0.3, 0.4) is 0 Å². The lowest BCUT2D eigenvalue weighted by molar-refractivity contribution is 0.0947. The number of nitrogens with one attached hydrogen (secondary N) is 3. The molecule has 0 bridgehead atoms. The van der Waals surface area contributed by atoms with E-state index in [2.05, 4.69) is 10.4 Å². The third kappa shape index (κ3) is 3.08. The number of sulfonamides is 1. The number of amides is 1. The van der Waals surface area contributed by atoms with E-state index in [1.165, 1.54) is 18.3 Å². The zero-order valence-electron chi connectivity index (χ0n) is 11.7. The van der Waals surface area contributed by atoms with Crippen molar-refractivity contribution in [2.45, 2.75) is 4.90 Å². The number of carbonyl (C=O) groups excluding carboxylic acids is 1. The van der Waals surface area contributed by atoms with Gasteiger partial charge in [0.05, 0.1) is 10.5 Å². The highest BCUT2D eigenvalue weighted by molar-refractivity contribution is 7.89. The standard InChI is InChI=1S/C15H12FN3O3S/c16-10-4-3-5-11(8-10)23(21,22)19-18-15(20)13-9-17-14-7-2-1-6-12(13)14/h1-9,17,19H,(H,18,20). The van der Waals surface area contributed by atoms with Gasteiger partial charge in [0.25, 0.3) is 15.9 Å². The fourth-order valence-corrected chi connectivity index (χ4v) is 3.00. The number of H-pyrrole nitrogens is 1. The first kappa shape index (κ1) is 15.2. The summed E-state index contributed by atoms with van der Waals surface area (Å²) in [4.78, 5) is 16.7. The molecular weight excluding hydrogens is 321 g/mol. The van der Waals surface area contributed by atoms with E-state index in [1.807, 2.05) is 10.9 Å². The number of aromatic nitrogens is 1. The van der Waals surface area contributed by atoms with Crippen LogP contribution in [-0.4, -0.2) is 19.3 Å². The second-order valence-electron chi connectivity index (χ2n) is 4.76. The number of hydrogen-bond acceptors (Lipinski definition) is 3. The molecular formula is C15H12FN3O3S. The fraction of sp³-hybridized carbons (Fsp3) is 0. The Kier molecular flexibility index (Phi) is 3.85. The van der Waals surface area contributed by atoms with E-state index in [0.717, 1.165) is 17.6 Å². The van der Waals surface area contributed by atoms with Gasteiger partial charge >= 0.3 is 0 Å². The van der Waals surface area contributed by atoms with Gasteiger partial charge in [0, 0.05) is 17.1 Å². The Hall–Kier alpha value is -2.71. The summed E-state index contributed by atoms with van der Waals surface area (Å²) in [6, 6.07) is 11.6. The Bertz CT molecular complexity index is 982. The monoisotopic (exact) mass is 333 g/mol. The SMILES string of the molecule is O=C(NNS(=O)(=O)c1cccc(F)c1)c1c[nH]c2ccccc12. The molecule has 1 aromatic heterocycles. The molecule has 23 heavy (non-hydrogen) atoms. The van der Waals surface area contributed by atoms with Crippen molar-refractivity contribution < 1.29 is 17.6 Å². The zero-order valence-corrected chi connectivity index (χ0v) is 12.5. The maximum absolute atomic E-state index is 13.1. The number of para-hydroxylation sites is 1. The van der Waals surface area contributed by atoms with Crippen molar-refractivity contribution in [3.8, 4) is 0 Å². The van der Waals surface area contributed by atoms with Crippen molar-refractivity contribution in [3.05, 3.63) is 66.1 Å². The van der Waals surface area contributed by atoms with Gasteiger partial charge in [-0.05, 0) is 24.3 Å². The molecule has 8 heteroatoms. The molecule has 0 spiro atoms. The Morgan fingerprint density at radius 1 is 1.09 bits per heavy atom. The molecule has 3 aromatic rings. The van der Waals surface area contributed by atoms with E-state index < -0.39 is 21.7 Å². The summed E-state index contributed by atoms with van der Waals surface area (Å²) in [7, 11) is -4.05. The second kappa shape index (κ2) is 5.82. The third-order valence-corrected chi connectivity index (χ3v) is 4.48. The summed E-state index contributed by atoms with van der Waals surface area (Å²) in [5, 5.41) is 0.662. The summed E-state index contributed by atoms with van der Waals surface area (Å²) in [6.07, 6.45) is 1.48. The molecule has 0 unspecified atom stereocenters. The quantitative estimate of drug-likeness (QED) is 0.637. The van der Waals surface area contributed by atoms with Crippen molar-refractivity contribution in [2.75, 3.05) is 0 Å². The molecule has 0 aliphatic carbocycles. The first-order valence-corrected chi connectivity index (χ1v) is 8.09. The smallest absolute Gasteiger partial charge is 0.268 e. The molecule has 0 fully saturated rings. The maximum Gasteiger partial charge on any atom is 0.268 e. The number of rotatable bonds is 4. The van der Waals surface area contributed by atoms with Crippen LogP contribution in [0, 0.1) is 5.82 Å².